The largest absolute Gasteiger partial charge is 0.311 e. The van der Waals surface area contributed by atoms with Crippen molar-refractivity contribution in [1.29, 1.82) is 0 Å². The third-order valence-electron chi connectivity index (χ3n) is 4.98. The fourth-order valence-corrected chi connectivity index (χ4v) is 5.70. The number of hydrogen-bond donors (Lipinski definition) is 1. The number of halogens is 1. The lowest BCUT2D eigenvalue weighted by Crippen LogP contribution is -2.53. The van der Waals surface area contributed by atoms with E-state index in [9.17, 15) is 0 Å². The Kier molecular flexibility index (Phi) is 4.32. The van der Waals surface area contributed by atoms with E-state index >= 15 is 0 Å². The Morgan fingerprint density at radius 2 is 1.89 bits per heavy atom. The van der Waals surface area contributed by atoms with Crippen molar-refractivity contribution in [2.45, 2.75) is 50.1 Å². The van der Waals surface area contributed by atoms with Crippen molar-refractivity contribution in [3.63, 3.8) is 0 Å². The molecule has 0 amide bonds. The van der Waals surface area contributed by atoms with Crippen LogP contribution in [0, 0.1) is 0 Å². The third-order valence-corrected chi connectivity index (χ3v) is 6.74. The van der Waals surface area contributed by atoms with Crippen LogP contribution in [-0.4, -0.2) is 30.6 Å². The van der Waals surface area contributed by atoms with Crippen LogP contribution in [0.2, 0.25) is 0 Å². The predicted octanol–water partition coefficient (Wildman–Crippen LogP) is 4.18. The van der Waals surface area contributed by atoms with Gasteiger partial charge < -0.3 is 5.32 Å². The Hall–Kier alpha value is 0.1000. The molecule has 0 bridgehead atoms. The fraction of sp³-hybridized carbons (Fsp3) is 0.733. The van der Waals surface area contributed by atoms with Crippen molar-refractivity contribution in [3.05, 3.63) is 20.8 Å². The average molecular weight is 343 g/mol. The molecule has 1 aliphatic heterocycles. The summed E-state index contributed by atoms with van der Waals surface area (Å²) in [4.78, 5) is 2.78. The molecule has 2 heterocycles. The molecule has 1 saturated carbocycles. The minimum Gasteiger partial charge on any atom is -0.311 e. The molecule has 19 heavy (non-hydrogen) atoms. The second kappa shape index (κ2) is 5.84. The lowest BCUT2D eigenvalue weighted by Gasteiger charge is -2.45. The van der Waals surface area contributed by atoms with E-state index in [0.29, 0.717) is 11.6 Å². The zero-order valence-electron chi connectivity index (χ0n) is 11.6. The Morgan fingerprint density at radius 3 is 2.42 bits per heavy atom. The highest BCUT2D eigenvalue weighted by atomic mass is 79.9. The van der Waals surface area contributed by atoms with E-state index in [2.05, 4.69) is 44.0 Å². The first kappa shape index (κ1) is 14.1. The van der Waals surface area contributed by atoms with Crippen LogP contribution < -0.4 is 5.32 Å². The van der Waals surface area contributed by atoms with Crippen LogP contribution in [0.3, 0.4) is 0 Å². The molecule has 2 aliphatic rings. The molecule has 1 aromatic heterocycles. The van der Waals surface area contributed by atoms with Gasteiger partial charge in [0.1, 0.15) is 0 Å². The number of likely N-dealkylation sites (tertiary alicyclic amines) is 1. The Balaban J connectivity index is 1.95. The molecule has 0 aromatic carbocycles. The van der Waals surface area contributed by atoms with E-state index in [1.807, 2.05) is 0 Å². The minimum atomic E-state index is 0.356. The lowest BCUT2D eigenvalue weighted by atomic mass is 9.83. The van der Waals surface area contributed by atoms with Crippen molar-refractivity contribution >= 4 is 27.3 Å². The average Bonchev–Trinajstić information content (AvgIpc) is 3.12. The van der Waals surface area contributed by atoms with Gasteiger partial charge >= 0.3 is 0 Å². The van der Waals surface area contributed by atoms with E-state index in [-0.39, 0.29) is 0 Å². The van der Waals surface area contributed by atoms with Crippen molar-refractivity contribution in [2.75, 3.05) is 20.1 Å². The van der Waals surface area contributed by atoms with Crippen LogP contribution in [-0.2, 0) is 0 Å². The second-order valence-electron chi connectivity index (χ2n) is 5.90. The van der Waals surface area contributed by atoms with E-state index in [1.54, 1.807) is 11.3 Å². The summed E-state index contributed by atoms with van der Waals surface area (Å²) >= 11 is 5.54. The Morgan fingerprint density at radius 1 is 1.21 bits per heavy atom. The van der Waals surface area contributed by atoms with Gasteiger partial charge in [-0.1, -0.05) is 12.8 Å². The van der Waals surface area contributed by atoms with Gasteiger partial charge in [-0.05, 0) is 72.7 Å². The number of thiophene rings is 1. The number of rotatable bonds is 4. The maximum atomic E-state index is 3.74. The normalized spacial score (nSPS) is 24.9. The number of likely N-dealkylation sites (N-methyl/N-ethyl adjacent to an activating group) is 1. The quantitative estimate of drug-likeness (QED) is 0.882. The highest BCUT2D eigenvalue weighted by molar-refractivity contribution is 9.10. The third kappa shape index (κ3) is 2.41. The molecule has 3 rings (SSSR count). The molecular weight excluding hydrogens is 320 g/mol. The first-order valence-corrected chi connectivity index (χ1v) is 9.15. The summed E-state index contributed by atoms with van der Waals surface area (Å²) < 4.78 is 1.28. The van der Waals surface area contributed by atoms with Crippen LogP contribution in [0.15, 0.2) is 15.2 Å². The molecule has 1 atom stereocenters. The summed E-state index contributed by atoms with van der Waals surface area (Å²) in [5.74, 6) is 0. The van der Waals surface area contributed by atoms with Crippen LogP contribution >= 0.6 is 27.3 Å². The van der Waals surface area contributed by atoms with E-state index in [1.165, 1.54) is 61.7 Å². The molecule has 1 aliphatic carbocycles. The van der Waals surface area contributed by atoms with Crippen LogP contribution in [0.4, 0.5) is 0 Å². The standard InChI is InChI=1S/C15H23BrN2S/c1-17-14(12-10-19-11-13(12)16)15(6-2-3-7-15)18-8-4-5-9-18/h10-11,14,17H,2-9H2,1H3. The van der Waals surface area contributed by atoms with Gasteiger partial charge in [-0.15, -0.1) is 0 Å². The van der Waals surface area contributed by atoms with Gasteiger partial charge in [-0.2, -0.15) is 11.3 Å². The summed E-state index contributed by atoms with van der Waals surface area (Å²) in [6.45, 7) is 2.58. The summed E-state index contributed by atoms with van der Waals surface area (Å²) in [5, 5.41) is 8.18. The van der Waals surface area contributed by atoms with Crippen molar-refractivity contribution in [2.24, 2.45) is 0 Å². The zero-order valence-corrected chi connectivity index (χ0v) is 14.0. The molecule has 0 radical (unpaired) electrons. The fourth-order valence-electron chi connectivity index (χ4n) is 4.15. The molecule has 1 N–H and O–H groups in total. The monoisotopic (exact) mass is 342 g/mol. The second-order valence-corrected chi connectivity index (χ2v) is 7.50. The van der Waals surface area contributed by atoms with Gasteiger partial charge in [0.2, 0.25) is 0 Å². The minimum absolute atomic E-state index is 0.356. The van der Waals surface area contributed by atoms with Crippen LogP contribution in [0.1, 0.15) is 50.1 Å². The number of nitrogens with zero attached hydrogens (tertiary/aromatic N) is 1. The molecule has 1 aromatic rings. The van der Waals surface area contributed by atoms with Gasteiger partial charge in [0, 0.05) is 15.4 Å². The summed E-state index contributed by atoms with van der Waals surface area (Å²) in [5.41, 5.74) is 1.82. The van der Waals surface area contributed by atoms with Gasteiger partial charge in [0.15, 0.2) is 0 Å². The van der Waals surface area contributed by atoms with Gasteiger partial charge in [-0.3, -0.25) is 4.90 Å². The topological polar surface area (TPSA) is 15.3 Å². The van der Waals surface area contributed by atoms with Gasteiger partial charge in [0.05, 0.1) is 6.04 Å². The molecule has 1 saturated heterocycles. The molecule has 2 fully saturated rings. The van der Waals surface area contributed by atoms with Gasteiger partial charge in [-0.25, -0.2) is 0 Å². The maximum Gasteiger partial charge on any atom is 0.0524 e. The van der Waals surface area contributed by atoms with Crippen LogP contribution in [0.5, 0.6) is 0 Å². The summed E-state index contributed by atoms with van der Waals surface area (Å²) in [7, 11) is 2.13. The smallest absolute Gasteiger partial charge is 0.0524 e. The molecule has 1 unspecified atom stereocenters. The Labute approximate surface area is 128 Å². The number of hydrogen-bond acceptors (Lipinski definition) is 3. The molecule has 0 spiro atoms. The number of nitrogens with one attached hydrogen (secondary N) is 1. The van der Waals surface area contributed by atoms with Crippen molar-refractivity contribution in [1.82, 2.24) is 10.2 Å². The zero-order chi connectivity index (χ0) is 13.3. The van der Waals surface area contributed by atoms with Crippen LogP contribution in [0.25, 0.3) is 0 Å². The van der Waals surface area contributed by atoms with E-state index < -0.39 is 0 Å². The Bertz CT molecular complexity index is 420. The summed E-state index contributed by atoms with van der Waals surface area (Å²) in [6.07, 6.45) is 8.22. The first-order chi connectivity index (χ1) is 9.28. The highest BCUT2D eigenvalue weighted by Crippen LogP contribution is 2.47. The van der Waals surface area contributed by atoms with E-state index in [0.717, 1.165) is 0 Å². The lowest BCUT2D eigenvalue weighted by molar-refractivity contribution is 0.0795. The van der Waals surface area contributed by atoms with Gasteiger partial charge in [0.25, 0.3) is 0 Å². The SMILES string of the molecule is CNC(c1cscc1Br)C1(N2CCCC2)CCCC1. The van der Waals surface area contributed by atoms with Crippen molar-refractivity contribution in [3.8, 4) is 0 Å². The summed E-state index contributed by atoms with van der Waals surface area (Å²) in [6, 6.07) is 0.466. The van der Waals surface area contributed by atoms with E-state index in [4.69, 9.17) is 0 Å². The molecular formula is C15H23BrN2S. The first-order valence-electron chi connectivity index (χ1n) is 7.42. The predicted molar refractivity (Wildman–Crippen MR) is 85.8 cm³/mol. The maximum absolute atomic E-state index is 3.74. The molecule has 2 nitrogen and oxygen atoms in total. The van der Waals surface area contributed by atoms with Crippen molar-refractivity contribution < 1.29 is 0 Å². The molecule has 4 heteroatoms. The highest BCUT2D eigenvalue weighted by Gasteiger charge is 2.47. The molecule has 106 valence electrons.